The third kappa shape index (κ3) is 5.03. The predicted octanol–water partition coefficient (Wildman–Crippen LogP) is 1.87. The van der Waals surface area contributed by atoms with Gasteiger partial charge in [-0.2, -0.15) is 0 Å². The molecule has 0 spiro atoms. The van der Waals surface area contributed by atoms with Crippen molar-refractivity contribution in [2.45, 2.75) is 19.4 Å². The maximum atomic E-state index is 5.77. The first-order valence-corrected chi connectivity index (χ1v) is 3.86. The zero-order valence-electron chi connectivity index (χ0n) is 6.76. The summed E-state index contributed by atoms with van der Waals surface area (Å²) in [5.74, 6) is 0.360. The number of ether oxygens (including phenoxy) is 2. The third-order valence-corrected chi connectivity index (χ3v) is 1.72. The average molecular weight is 167 g/mol. The molecule has 2 nitrogen and oxygen atoms in total. The summed E-state index contributed by atoms with van der Waals surface area (Å²) in [6.45, 7) is 5.22. The van der Waals surface area contributed by atoms with E-state index in [9.17, 15) is 0 Å². The number of hydrogen-bond acceptors (Lipinski definition) is 2. The van der Waals surface area contributed by atoms with Gasteiger partial charge in [0.15, 0.2) is 0 Å². The van der Waals surface area contributed by atoms with Crippen LogP contribution in [-0.4, -0.2) is 25.9 Å². The molecule has 0 rings (SSSR count). The van der Waals surface area contributed by atoms with Crippen molar-refractivity contribution in [2.24, 2.45) is 5.92 Å². The molecule has 0 aliphatic carbocycles. The van der Waals surface area contributed by atoms with Gasteiger partial charge in [0, 0.05) is 7.11 Å². The molecule has 0 saturated heterocycles. The van der Waals surface area contributed by atoms with Crippen molar-refractivity contribution in [1.29, 1.82) is 0 Å². The van der Waals surface area contributed by atoms with Crippen molar-refractivity contribution in [3.63, 3.8) is 0 Å². The van der Waals surface area contributed by atoms with Crippen molar-refractivity contribution in [1.82, 2.24) is 0 Å². The molecule has 0 radical (unpaired) electrons. The quantitative estimate of drug-likeness (QED) is 0.459. The lowest BCUT2D eigenvalue weighted by Gasteiger charge is -2.13. The lowest BCUT2D eigenvalue weighted by Crippen LogP contribution is -2.15. The molecule has 0 saturated carbocycles. The first kappa shape index (κ1) is 10.2. The van der Waals surface area contributed by atoms with E-state index in [1.54, 1.807) is 7.11 Å². The van der Waals surface area contributed by atoms with Crippen LogP contribution in [0.5, 0.6) is 0 Å². The van der Waals surface area contributed by atoms with Crippen LogP contribution in [0.25, 0.3) is 0 Å². The third-order valence-electron chi connectivity index (χ3n) is 1.09. The van der Waals surface area contributed by atoms with Crippen LogP contribution in [0.15, 0.2) is 0 Å². The molecular formula is C7H15ClO2. The molecule has 0 N–H and O–H groups in total. The molecule has 10 heavy (non-hydrogen) atoms. The Kier molecular flexibility index (Phi) is 6.08. The van der Waals surface area contributed by atoms with Gasteiger partial charge in [-0.15, -0.1) is 0 Å². The number of alkyl halides is 1. The first-order valence-electron chi connectivity index (χ1n) is 3.43. The molecule has 62 valence electrons. The number of rotatable bonds is 5. The summed E-state index contributed by atoms with van der Waals surface area (Å²) in [6.07, 6.45) is 0. The minimum atomic E-state index is -0.185. The Morgan fingerprint density at radius 1 is 1.30 bits per heavy atom. The summed E-state index contributed by atoms with van der Waals surface area (Å²) in [6, 6.07) is 0. The summed E-state index contributed by atoms with van der Waals surface area (Å²) in [5.41, 5.74) is -0.185. The number of halogens is 1. The van der Waals surface area contributed by atoms with Crippen molar-refractivity contribution in [2.75, 3.05) is 20.3 Å². The van der Waals surface area contributed by atoms with Crippen LogP contribution in [0.2, 0.25) is 0 Å². The maximum absolute atomic E-state index is 5.77. The monoisotopic (exact) mass is 166 g/mol. The average Bonchev–Trinajstić information content (AvgIpc) is 1.88. The molecule has 0 aromatic heterocycles. The van der Waals surface area contributed by atoms with E-state index in [2.05, 4.69) is 0 Å². The van der Waals surface area contributed by atoms with E-state index in [0.717, 1.165) is 0 Å². The van der Waals surface area contributed by atoms with Crippen LogP contribution in [0, 0.1) is 5.92 Å². The summed E-state index contributed by atoms with van der Waals surface area (Å²) in [4.78, 5) is 0. The van der Waals surface area contributed by atoms with Gasteiger partial charge in [0.05, 0.1) is 13.2 Å². The molecular weight excluding hydrogens is 152 g/mol. The standard InChI is InChI=1S/C7H15ClO2/c1-6(2)7(8)10-5-4-9-3/h6-7H,4-5H2,1-3H3. The van der Waals surface area contributed by atoms with E-state index in [1.165, 1.54) is 0 Å². The number of methoxy groups -OCH3 is 1. The van der Waals surface area contributed by atoms with Crippen molar-refractivity contribution >= 4 is 11.6 Å². The smallest absolute Gasteiger partial charge is 0.133 e. The van der Waals surface area contributed by atoms with Crippen LogP contribution in [-0.2, 0) is 9.47 Å². The molecule has 0 aliphatic heterocycles. The Hall–Kier alpha value is 0.210. The molecule has 3 heteroatoms. The topological polar surface area (TPSA) is 18.5 Å². The highest BCUT2D eigenvalue weighted by Gasteiger charge is 2.07. The van der Waals surface area contributed by atoms with Crippen molar-refractivity contribution in [3.8, 4) is 0 Å². The fraction of sp³-hybridized carbons (Fsp3) is 1.00. The van der Waals surface area contributed by atoms with Crippen molar-refractivity contribution < 1.29 is 9.47 Å². The Morgan fingerprint density at radius 3 is 2.30 bits per heavy atom. The highest BCUT2D eigenvalue weighted by atomic mass is 35.5. The van der Waals surface area contributed by atoms with E-state index in [1.807, 2.05) is 13.8 Å². The summed E-state index contributed by atoms with van der Waals surface area (Å²) >= 11 is 5.77. The van der Waals surface area contributed by atoms with Gasteiger partial charge >= 0.3 is 0 Å². The van der Waals surface area contributed by atoms with Crippen LogP contribution < -0.4 is 0 Å². The van der Waals surface area contributed by atoms with Crippen LogP contribution in [0.3, 0.4) is 0 Å². The largest absolute Gasteiger partial charge is 0.382 e. The van der Waals surface area contributed by atoms with Gasteiger partial charge < -0.3 is 9.47 Å². The predicted molar refractivity (Wildman–Crippen MR) is 42.3 cm³/mol. The van der Waals surface area contributed by atoms with Gasteiger partial charge in [0.25, 0.3) is 0 Å². The van der Waals surface area contributed by atoms with Gasteiger partial charge in [0.2, 0.25) is 0 Å². The van der Waals surface area contributed by atoms with E-state index < -0.39 is 0 Å². The molecule has 0 aliphatic rings. The Balaban J connectivity index is 3.13. The maximum Gasteiger partial charge on any atom is 0.133 e. The first-order chi connectivity index (χ1) is 4.68. The normalized spacial score (nSPS) is 14.1. The van der Waals surface area contributed by atoms with Gasteiger partial charge in [-0.05, 0) is 5.92 Å². The van der Waals surface area contributed by atoms with Gasteiger partial charge in [-0.1, -0.05) is 25.4 Å². The Bertz CT molecular complexity index is 76.0. The van der Waals surface area contributed by atoms with Gasteiger partial charge in [-0.3, -0.25) is 0 Å². The van der Waals surface area contributed by atoms with E-state index >= 15 is 0 Å². The Labute approximate surface area is 67.5 Å². The lowest BCUT2D eigenvalue weighted by atomic mass is 10.2. The number of hydrogen-bond donors (Lipinski definition) is 0. The molecule has 0 bridgehead atoms. The second kappa shape index (κ2) is 5.96. The fourth-order valence-corrected chi connectivity index (χ4v) is 0.526. The lowest BCUT2D eigenvalue weighted by molar-refractivity contribution is 0.0362. The fourth-order valence-electron chi connectivity index (χ4n) is 0.436. The molecule has 1 atom stereocenters. The molecule has 1 unspecified atom stereocenters. The van der Waals surface area contributed by atoms with Crippen LogP contribution in [0.4, 0.5) is 0 Å². The van der Waals surface area contributed by atoms with Crippen LogP contribution in [0.1, 0.15) is 13.8 Å². The van der Waals surface area contributed by atoms with E-state index in [-0.39, 0.29) is 5.56 Å². The second-order valence-corrected chi connectivity index (χ2v) is 2.89. The Morgan fingerprint density at radius 2 is 1.90 bits per heavy atom. The van der Waals surface area contributed by atoms with Crippen LogP contribution >= 0.6 is 11.6 Å². The highest BCUT2D eigenvalue weighted by Crippen LogP contribution is 2.09. The zero-order valence-corrected chi connectivity index (χ0v) is 7.52. The highest BCUT2D eigenvalue weighted by molar-refractivity contribution is 6.19. The molecule has 0 heterocycles. The SMILES string of the molecule is COCCOC(Cl)C(C)C. The van der Waals surface area contributed by atoms with Gasteiger partial charge in [-0.25, -0.2) is 0 Å². The second-order valence-electron chi connectivity index (χ2n) is 2.46. The minimum Gasteiger partial charge on any atom is -0.382 e. The van der Waals surface area contributed by atoms with Gasteiger partial charge in [0.1, 0.15) is 5.56 Å². The summed E-state index contributed by atoms with van der Waals surface area (Å²) in [5, 5.41) is 0. The van der Waals surface area contributed by atoms with Crippen molar-refractivity contribution in [3.05, 3.63) is 0 Å². The molecule has 0 aromatic carbocycles. The molecule has 0 amide bonds. The van der Waals surface area contributed by atoms with E-state index in [4.69, 9.17) is 21.1 Å². The summed E-state index contributed by atoms with van der Waals surface area (Å²) < 4.78 is 9.97. The summed E-state index contributed by atoms with van der Waals surface area (Å²) in [7, 11) is 1.64. The zero-order chi connectivity index (χ0) is 7.98. The molecule has 0 aromatic rings. The van der Waals surface area contributed by atoms with E-state index in [0.29, 0.717) is 19.1 Å². The molecule has 0 fully saturated rings. The minimum absolute atomic E-state index is 0.185.